The second-order valence-electron chi connectivity index (χ2n) is 6.67. The molecule has 7 heteroatoms. The van der Waals surface area contributed by atoms with Crippen molar-refractivity contribution < 1.29 is 9.53 Å². The fourth-order valence-corrected chi connectivity index (χ4v) is 2.21. The van der Waals surface area contributed by atoms with Crippen molar-refractivity contribution >= 4 is 41.5 Å². The number of carbonyl (C=O) groups is 1. The first kappa shape index (κ1) is 24.2. The summed E-state index contributed by atoms with van der Waals surface area (Å²) in [5.74, 6) is 2.89. The Labute approximate surface area is 173 Å². The van der Waals surface area contributed by atoms with Gasteiger partial charge in [0.15, 0.2) is 5.96 Å². The van der Waals surface area contributed by atoms with E-state index in [1.54, 1.807) is 38.4 Å². The predicted molar refractivity (Wildman–Crippen MR) is 118 cm³/mol. The van der Waals surface area contributed by atoms with E-state index >= 15 is 0 Å². The van der Waals surface area contributed by atoms with Gasteiger partial charge >= 0.3 is 0 Å². The molecule has 1 aromatic carbocycles. The molecule has 0 radical (unpaired) electrons. The number of amides is 1. The summed E-state index contributed by atoms with van der Waals surface area (Å²) in [5, 5.41) is 8.94. The number of halogens is 1. The first-order valence-electron chi connectivity index (χ1n) is 8.14. The highest BCUT2D eigenvalue weighted by Crippen LogP contribution is 2.20. The first-order chi connectivity index (χ1) is 11.8. The zero-order valence-electron chi connectivity index (χ0n) is 16.1. The third-order valence-electron chi connectivity index (χ3n) is 3.66. The Kier molecular flexibility index (Phi) is 10.9. The van der Waals surface area contributed by atoms with Gasteiger partial charge in [0.2, 0.25) is 5.91 Å². The van der Waals surface area contributed by atoms with E-state index in [0.29, 0.717) is 18.2 Å². The number of benzene rings is 1. The third-order valence-corrected chi connectivity index (χ3v) is 3.66. The van der Waals surface area contributed by atoms with E-state index in [2.05, 4.69) is 47.6 Å². The first-order valence-corrected chi connectivity index (χ1v) is 8.14. The second kappa shape index (κ2) is 11.8. The van der Waals surface area contributed by atoms with E-state index in [1.165, 1.54) is 0 Å². The third kappa shape index (κ3) is 8.54. The molecule has 0 saturated heterocycles. The molecule has 1 atom stereocenters. The SMILES string of the molecule is C#Cc1cccc(NC(=O)CNC(=NC)NCC(OC)C(C)(C)C)c1.I. The predicted octanol–water partition coefficient (Wildman–Crippen LogP) is 2.45. The molecule has 1 rings (SSSR count). The van der Waals surface area contributed by atoms with Crippen LogP contribution in [0.1, 0.15) is 26.3 Å². The average molecular weight is 472 g/mol. The van der Waals surface area contributed by atoms with Gasteiger partial charge in [-0.05, 0) is 23.6 Å². The molecule has 0 fully saturated rings. The van der Waals surface area contributed by atoms with E-state index < -0.39 is 0 Å². The van der Waals surface area contributed by atoms with Gasteiger partial charge in [-0.15, -0.1) is 30.4 Å². The monoisotopic (exact) mass is 472 g/mol. The minimum atomic E-state index is -0.184. The van der Waals surface area contributed by atoms with E-state index in [1.807, 2.05) is 0 Å². The number of aliphatic imine (C=N–C) groups is 1. The van der Waals surface area contributed by atoms with Gasteiger partial charge in [0, 0.05) is 32.0 Å². The van der Waals surface area contributed by atoms with E-state index in [-0.39, 0.29) is 47.9 Å². The summed E-state index contributed by atoms with van der Waals surface area (Å²) >= 11 is 0. The lowest BCUT2D eigenvalue weighted by molar-refractivity contribution is -0.115. The number of nitrogens with one attached hydrogen (secondary N) is 3. The highest BCUT2D eigenvalue weighted by atomic mass is 127. The summed E-state index contributed by atoms with van der Waals surface area (Å²) in [5.41, 5.74) is 1.38. The Hall–Kier alpha value is -1.79. The summed E-state index contributed by atoms with van der Waals surface area (Å²) < 4.78 is 5.50. The zero-order chi connectivity index (χ0) is 18.9. The summed E-state index contributed by atoms with van der Waals surface area (Å²) in [4.78, 5) is 16.2. The number of carbonyl (C=O) groups excluding carboxylic acids is 1. The lowest BCUT2D eigenvalue weighted by atomic mass is 9.89. The maximum Gasteiger partial charge on any atom is 0.243 e. The lowest BCUT2D eigenvalue weighted by Gasteiger charge is -2.30. The molecule has 6 nitrogen and oxygen atoms in total. The molecule has 0 aliphatic rings. The number of hydrogen-bond acceptors (Lipinski definition) is 3. The Morgan fingerprint density at radius 3 is 2.58 bits per heavy atom. The largest absolute Gasteiger partial charge is 0.379 e. The van der Waals surface area contributed by atoms with Crippen LogP contribution < -0.4 is 16.0 Å². The van der Waals surface area contributed by atoms with Crippen LogP contribution in [0.25, 0.3) is 0 Å². The number of nitrogens with zero attached hydrogens (tertiary/aromatic N) is 1. The summed E-state index contributed by atoms with van der Waals surface area (Å²) in [6.07, 6.45) is 5.38. The van der Waals surface area contributed by atoms with Crippen LogP contribution in [0.3, 0.4) is 0 Å². The molecule has 0 saturated carbocycles. The van der Waals surface area contributed by atoms with Gasteiger partial charge < -0.3 is 20.7 Å². The van der Waals surface area contributed by atoms with Gasteiger partial charge in [0.05, 0.1) is 12.6 Å². The van der Waals surface area contributed by atoms with E-state index in [4.69, 9.17) is 11.2 Å². The molecule has 3 N–H and O–H groups in total. The Morgan fingerprint density at radius 2 is 2.04 bits per heavy atom. The molecule has 0 spiro atoms. The quantitative estimate of drug-likeness (QED) is 0.258. The second-order valence-corrected chi connectivity index (χ2v) is 6.67. The van der Waals surface area contributed by atoms with Crippen molar-refractivity contribution in [1.82, 2.24) is 10.6 Å². The average Bonchev–Trinajstić information content (AvgIpc) is 2.57. The van der Waals surface area contributed by atoms with Crippen LogP contribution in [-0.2, 0) is 9.53 Å². The maximum absolute atomic E-state index is 12.1. The van der Waals surface area contributed by atoms with Crippen LogP contribution in [0, 0.1) is 17.8 Å². The summed E-state index contributed by atoms with van der Waals surface area (Å²) in [6, 6.07) is 7.15. The zero-order valence-corrected chi connectivity index (χ0v) is 18.4. The number of methoxy groups -OCH3 is 1. The topological polar surface area (TPSA) is 74.8 Å². The molecule has 0 bridgehead atoms. The molecule has 0 aromatic heterocycles. The molecule has 1 unspecified atom stereocenters. The van der Waals surface area contributed by atoms with Crippen molar-refractivity contribution in [2.75, 3.05) is 32.6 Å². The Morgan fingerprint density at radius 1 is 1.35 bits per heavy atom. The molecule has 1 amide bonds. The highest BCUT2D eigenvalue weighted by molar-refractivity contribution is 14.0. The smallest absolute Gasteiger partial charge is 0.243 e. The molecule has 0 aliphatic carbocycles. The molecule has 1 aromatic rings. The van der Waals surface area contributed by atoms with E-state index in [9.17, 15) is 4.79 Å². The summed E-state index contributed by atoms with van der Waals surface area (Å²) in [6.45, 7) is 7.00. The van der Waals surface area contributed by atoms with Crippen LogP contribution in [0.4, 0.5) is 5.69 Å². The van der Waals surface area contributed by atoms with Crippen molar-refractivity contribution in [3.63, 3.8) is 0 Å². The molecule has 144 valence electrons. The number of guanidine groups is 1. The standard InChI is InChI=1S/C19H28N4O2.HI/c1-7-14-9-8-10-15(11-14)23-17(24)13-22-18(20-5)21-12-16(25-6)19(2,3)4;/h1,8-11,16H,12-13H2,2-6H3,(H,23,24)(H2,20,21,22);1H. The van der Waals surface area contributed by atoms with Crippen LogP contribution in [0.15, 0.2) is 29.3 Å². The molecule has 0 aliphatic heterocycles. The minimum Gasteiger partial charge on any atom is -0.379 e. The van der Waals surface area contributed by atoms with Gasteiger partial charge in [0.1, 0.15) is 0 Å². The maximum atomic E-state index is 12.1. The van der Waals surface area contributed by atoms with E-state index in [0.717, 1.165) is 5.56 Å². The number of rotatable bonds is 6. The van der Waals surface area contributed by atoms with Crippen molar-refractivity contribution in [2.45, 2.75) is 26.9 Å². The van der Waals surface area contributed by atoms with Crippen LogP contribution in [0.2, 0.25) is 0 Å². The van der Waals surface area contributed by atoms with Crippen LogP contribution in [0.5, 0.6) is 0 Å². The fraction of sp³-hybridized carbons (Fsp3) is 0.474. The lowest BCUT2D eigenvalue weighted by Crippen LogP contribution is -2.46. The Balaban J connectivity index is 0.00000625. The van der Waals surface area contributed by atoms with Gasteiger partial charge in [0.25, 0.3) is 0 Å². The van der Waals surface area contributed by atoms with Crippen molar-refractivity contribution in [1.29, 1.82) is 0 Å². The fourth-order valence-electron chi connectivity index (χ4n) is 2.21. The Bertz CT molecular complexity index is 648. The van der Waals surface area contributed by atoms with Gasteiger partial charge in [-0.25, -0.2) is 0 Å². The van der Waals surface area contributed by atoms with Crippen molar-refractivity contribution in [3.05, 3.63) is 29.8 Å². The molecular weight excluding hydrogens is 443 g/mol. The number of ether oxygens (including phenoxy) is 1. The van der Waals surface area contributed by atoms with Crippen LogP contribution >= 0.6 is 24.0 Å². The van der Waals surface area contributed by atoms with Gasteiger partial charge in [-0.3, -0.25) is 9.79 Å². The molecular formula is C19H29IN4O2. The molecule has 0 heterocycles. The minimum absolute atomic E-state index is 0. The number of hydrogen-bond donors (Lipinski definition) is 3. The van der Waals surface area contributed by atoms with Gasteiger partial charge in [-0.2, -0.15) is 0 Å². The molecule has 26 heavy (non-hydrogen) atoms. The van der Waals surface area contributed by atoms with Crippen LogP contribution in [-0.4, -0.2) is 45.2 Å². The van der Waals surface area contributed by atoms with Crippen molar-refractivity contribution in [3.8, 4) is 12.3 Å². The normalized spacial score (nSPS) is 12.4. The highest BCUT2D eigenvalue weighted by Gasteiger charge is 2.24. The van der Waals surface area contributed by atoms with Gasteiger partial charge in [-0.1, -0.05) is 32.8 Å². The number of terminal acetylenes is 1. The number of anilines is 1. The van der Waals surface area contributed by atoms with Crippen molar-refractivity contribution in [2.24, 2.45) is 10.4 Å². The summed E-state index contributed by atoms with van der Waals surface area (Å²) in [7, 11) is 3.34.